The van der Waals surface area contributed by atoms with Gasteiger partial charge in [-0.05, 0) is 29.7 Å². The van der Waals surface area contributed by atoms with E-state index in [4.69, 9.17) is 14.2 Å². The van der Waals surface area contributed by atoms with Crippen LogP contribution in [-0.4, -0.2) is 45.9 Å². The first kappa shape index (κ1) is 13.2. The summed E-state index contributed by atoms with van der Waals surface area (Å²) in [6, 6.07) is 4.19. The van der Waals surface area contributed by atoms with Gasteiger partial charge in [-0.2, -0.15) is 0 Å². The average molecular weight is 251 g/mol. The molecule has 18 heavy (non-hydrogen) atoms. The number of hydrogen-bond acceptors (Lipinski definition) is 4. The Hall–Kier alpha value is -1.26. The van der Waals surface area contributed by atoms with Gasteiger partial charge in [0.25, 0.3) is 0 Å². The molecule has 4 heteroatoms. The second-order valence-corrected chi connectivity index (χ2v) is 4.49. The molecule has 100 valence electrons. The van der Waals surface area contributed by atoms with Crippen molar-refractivity contribution in [2.75, 3.05) is 41.0 Å². The second-order valence-electron chi connectivity index (χ2n) is 4.49. The van der Waals surface area contributed by atoms with E-state index in [1.54, 1.807) is 21.3 Å². The van der Waals surface area contributed by atoms with Crippen LogP contribution in [0.5, 0.6) is 11.5 Å². The van der Waals surface area contributed by atoms with Gasteiger partial charge in [0.15, 0.2) is 11.5 Å². The lowest BCUT2D eigenvalue weighted by Gasteiger charge is -2.29. The third-order valence-electron chi connectivity index (χ3n) is 3.41. The van der Waals surface area contributed by atoms with E-state index in [-0.39, 0.29) is 0 Å². The fraction of sp³-hybridized carbons (Fsp3) is 0.571. The van der Waals surface area contributed by atoms with Crippen molar-refractivity contribution in [1.82, 2.24) is 4.90 Å². The van der Waals surface area contributed by atoms with Crippen LogP contribution in [0.1, 0.15) is 11.1 Å². The second kappa shape index (κ2) is 6.07. The molecule has 0 saturated heterocycles. The SMILES string of the molecule is COCCN1CCc2cc(OC)c(OC)cc2C1. The molecule has 1 heterocycles. The normalized spacial score (nSPS) is 15.3. The quantitative estimate of drug-likeness (QED) is 0.797. The monoisotopic (exact) mass is 251 g/mol. The highest BCUT2D eigenvalue weighted by atomic mass is 16.5. The fourth-order valence-electron chi connectivity index (χ4n) is 2.35. The van der Waals surface area contributed by atoms with Gasteiger partial charge in [0.1, 0.15) is 0 Å². The first-order valence-corrected chi connectivity index (χ1v) is 6.23. The van der Waals surface area contributed by atoms with Crippen molar-refractivity contribution in [3.63, 3.8) is 0 Å². The molecule has 0 aliphatic carbocycles. The minimum Gasteiger partial charge on any atom is -0.493 e. The van der Waals surface area contributed by atoms with E-state index in [2.05, 4.69) is 17.0 Å². The molecule has 0 spiro atoms. The summed E-state index contributed by atoms with van der Waals surface area (Å²) in [7, 11) is 5.10. The Morgan fingerprint density at radius 1 is 1.06 bits per heavy atom. The summed E-state index contributed by atoms with van der Waals surface area (Å²) in [5.41, 5.74) is 2.69. The molecule has 1 aliphatic heterocycles. The Bertz CT molecular complexity index is 406. The molecule has 0 radical (unpaired) electrons. The van der Waals surface area contributed by atoms with Crippen LogP contribution in [0, 0.1) is 0 Å². The lowest BCUT2D eigenvalue weighted by molar-refractivity contribution is 0.140. The molecule has 0 N–H and O–H groups in total. The molecular weight excluding hydrogens is 230 g/mol. The number of methoxy groups -OCH3 is 3. The average Bonchev–Trinajstić information content (AvgIpc) is 2.43. The molecule has 2 rings (SSSR count). The maximum atomic E-state index is 5.35. The Labute approximate surface area is 108 Å². The highest BCUT2D eigenvalue weighted by Crippen LogP contribution is 2.33. The number of hydrogen-bond donors (Lipinski definition) is 0. The van der Waals surface area contributed by atoms with Crippen molar-refractivity contribution in [3.05, 3.63) is 23.3 Å². The Morgan fingerprint density at radius 3 is 2.33 bits per heavy atom. The highest BCUT2D eigenvalue weighted by Gasteiger charge is 2.18. The van der Waals surface area contributed by atoms with E-state index < -0.39 is 0 Å². The summed E-state index contributed by atoms with van der Waals surface area (Å²) in [5.74, 6) is 1.63. The molecule has 0 unspecified atom stereocenters. The predicted molar refractivity (Wildman–Crippen MR) is 70.4 cm³/mol. The van der Waals surface area contributed by atoms with E-state index in [9.17, 15) is 0 Å². The van der Waals surface area contributed by atoms with Gasteiger partial charge in [-0.15, -0.1) is 0 Å². The van der Waals surface area contributed by atoms with E-state index in [1.807, 2.05) is 0 Å². The Kier molecular flexibility index (Phi) is 4.44. The molecule has 0 saturated carbocycles. The van der Waals surface area contributed by atoms with E-state index >= 15 is 0 Å². The fourth-order valence-corrected chi connectivity index (χ4v) is 2.35. The number of rotatable bonds is 5. The Balaban J connectivity index is 2.16. The van der Waals surface area contributed by atoms with Gasteiger partial charge in [0.2, 0.25) is 0 Å². The largest absolute Gasteiger partial charge is 0.493 e. The van der Waals surface area contributed by atoms with Crippen LogP contribution in [-0.2, 0) is 17.7 Å². The van der Waals surface area contributed by atoms with Crippen molar-refractivity contribution in [1.29, 1.82) is 0 Å². The van der Waals surface area contributed by atoms with Crippen LogP contribution >= 0.6 is 0 Å². The van der Waals surface area contributed by atoms with Crippen molar-refractivity contribution >= 4 is 0 Å². The summed E-state index contributed by atoms with van der Waals surface area (Å²) in [4.78, 5) is 2.40. The summed E-state index contributed by atoms with van der Waals surface area (Å²) in [5, 5.41) is 0. The molecule has 0 bridgehead atoms. The minimum absolute atomic E-state index is 0.780. The number of fused-ring (bicyclic) bond motifs is 1. The van der Waals surface area contributed by atoms with Gasteiger partial charge < -0.3 is 14.2 Å². The smallest absolute Gasteiger partial charge is 0.161 e. The zero-order chi connectivity index (χ0) is 13.0. The number of nitrogens with zero attached hydrogens (tertiary/aromatic N) is 1. The lowest BCUT2D eigenvalue weighted by Crippen LogP contribution is -2.33. The molecule has 0 aromatic heterocycles. The third kappa shape index (κ3) is 2.76. The summed E-state index contributed by atoms with van der Waals surface area (Å²) in [6.45, 7) is 3.79. The topological polar surface area (TPSA) is 30.9 Å². The zero-order valence-electron chi connectivity index (χ0n) is 11.4. The molecule has 0 fully saturated rings. The van der Waals surface area contributed by atoms with Crippen molar-refractivity contribution in [2.45, 2.75) is 13.0 Å². The van der Waals surface area contributed by atoms with Crippen molar-refractivity contribution < 1.29 is 14.2 Å². The van der Waals surface area contributed by atoms with Crippen LogP contribution in [0.2, 0.25) is 0 Å². The van der Waals surface area contributed by atoms with Gasteiger partial charge in [-0.3, -0.25) is 4.90 Å². The molecule has 4 nitrogen and oxygen atoms in total. The van der Waals surface area contributed by atoms with Gasteiger partial charge in [0, 0.05) is 26.7 Å². The lowest BCUT2D eigenvalue weighted by atomic mass is 9.99. The maximum Gasteiger partial charge on any atom is 0.161 e. The zero-order valence-corrected chi connectivity index (χ0v) is 11.4. The van der Waals surface area contributed by atoms with Crippen molar-refractivity contribution in [3.8, 4) is 11.5 Å². The van der Waals surface area contributed by atoms with E-state index in [1.165, 1.54) is 11.1 Å². The highest BCUT2D eigenvalue weighted by molar-refractivity contribution is 5.48. The van der Waals surface area contributed by atoms with Gasteiger partial charge in [0.05, 0.1) is 20.8 Å². The summed E-state index contributed by atoms with van der Waals surface area (Å²) in [6.07, 6.45) is 1.05. The van der Waals surface area contributed by atoms with E-state index in [0.717, 1.165) is 44.2 Å². The molecule has 1 aliphatic rings. The first-order chi connectivity index (χ1) is 8.78. The van der Waals surface area contributed by atoms with Crippen LogP contribution < -0.4 is 9.47 Å². The summed E-state index contributed by atoms with van der Waals surface area (Å²) >= 11 is 0. The minimum atomic E-state index is 0.780. The van der Waals surface area contributed by atoms with Crippen molar-refractivity contribution in [2.24, 2.45) is 0 Å². The molecule has 1 aromatic rings. The van der Waals surface area contributed by atoms with Crippen LogP contribution in [0.3, 0.4) is 0 Å². The van der Waals surface area contributed by atoms with Gasteiger partial charge in [-0.25, -0.2) is 0 Å². The van der Waals surface area contributed by atoms with Gasteiger partial charge in [-0.1, -0.05) is 0 Å². The van der Waals surface area contributed by atoms with Gasteiger partial charge >= 0.3 is 0 Å². The Morgan fingerprint density at radius 2 is 1.72 bits per heavy atom. The van der Waals surface area contributed by atoms with E-state index in [0.29, 0.717) is 0 Å². The standard InChI is InChI=1S/C14H21NO3/c1-16-7-6-15-5-4-11-8-13(17-2)14(18-3)9-12(11)10-15/h8-9H,4-7,10H2,1-3H3. The number of ether oxygens (including phenoxy) is 3. The first-order valence-electron chi connectivity index (χ1n) is 6.23. The molecule has 0 amide bonds. The maximum absolute atomic E-state index is 5.35. The third-order valence-corrected chi connectivity index (χ3v) is 3.41. The molecule has 0 atom stereocenters. The summed E-state index contributed by atoms with van der Waals surface area (Å²) < 4.78 is 15.8. The molecular formula is C14H21NO3. The number of benzene rings is 1. The van der Waals surface area contributed by atoms with Crippen LogP contribution in [0.15, 0.2) is 12.1 Å². The predicted octanol–water partition coefficient (Wildman–Crippen LogP) is 1.71. The van der Waals surface area contributed by atoms with Crippen LogP contribution in [0.25, 0.3) is 0 Å². The van der Waals surface area contributed by atoms with Crippen LogP contribution in [0.4, 0.5) is 0 Å². The molecule has 1 aromatic carbocycles.